The number of aromatic nitrogens is 1. The van der Waals surface area contributed by atoms with Gasteiger partial charge in [0.25, 0.3) is 0 Å². The molecule has 1 rings (SSSR count). The Morgan fingerprint density at radius 3 is 3.08 bits per heavy atom. The van der Waals surface area contributed by atoms with Crippen molar-refractivity contribution in [3.05, 3.63) is 24.0 Å². The van der Waals surface area contributed by atoms with Gasteiger partial charge in [-0.05, 0) is 18.9 Å². The highest BCUT2D eigenvalue weighted by Gasteiger charge is 1.95. The van der Waals surface area contributed by atoms with Gasteiger partial charge >= 0.3 is 0 Å². The number of rotatable bonds is 4. The highest BCUT2D eigenvalue weighted by Crippen LogP contribution is 2.11. The van der Waals surface area contributed by atoms with Crippen molar-refractivity contribution in [2.24, 2.45) is 0 Å². The molecule has 0 radical (unpaired) electrons. The second kappa shape index (κ2) is 4.99. The summed E-state index contributed by atoms with van der Waals surface area (Å²) in [5.41, 5.74) is 1.04. The van der Waals surface area contributed by atoms with Crippen molar-refractivity contribution in [1.82, 2.24) is 4.98 Å². The third-order valence-corrected chi connectivity index (χ3v) is 1.86. The molecule has 0 aliphatic carbocycles. The van der Waals surface area contributed by atoms with Gasteiger partial charge in [-0.15, -0.1) is 11.6 Å². The maximum Gasteiger partial charge on any atom is 0.122 e. The first-order valence-corrected chi connectivity index (χ1v) is 4.45. The van der Waals surface area contributed by atoms with Gasteiger partial charge in [0.2, 0.25) is 0 Å². The molecule has 0 aromatic carbocycles. The van der Waals surface area contributed by atoms with Crippen LogP contribution in [-0.2, 0) is 6.42 Å². The van der Waals surface area contributed by atoms with Gasteiger partial charge in [0.1, 0.15) is 5.75 Å². The Morgan fingerprint density at radius 2 is 2.42 bits per heavy atom. The SMILES string of the molecule is COc1ccnc(CCCCl)c1. The van der Waals surface area contributed by atoms with Crippen molar-refractivity contribution >= 4 is 11.6 Å². The fraction of sp³-hybridized carbons (Fsp3) is 0.444. The summed E-state index contributed by atoms with van der Waals surface area (Å²) in [5.74, 6) is 1.54. The van der Waals surface area contributed by atoms with Gasteiger partial charge in [0, 0.05) is 23.8 Å². The molecule has 2 nitrogen and oxygen atoms in total. The van der Waals surface area contributed by atoms with E-state index in [4.69, 9.17) is 16.3 Å². The Labute approximate surface area is 77.5 Å². The second-order valence-corrected chi connectivity index (χ2v) is 2.86. The van der Waals surface area contributed by atoms with Gasteiger partial charge in [-0.3, -0.25) is 4.98 Å². The van der Waals surface area contributed by atoms with E-state index in [-0.39, 0.29) is 0 Å². The van der Waals surface area contributed by atoms with Gasteiger partial charge in [-0.1, -0.05) is 0 Å². The molecule has 1 aromatic heterocycles. The molecular formula is C9H12ClNO. The number of pyridine rings is 1. The Balaban J connectivity index is 2.60. The van der Waals surface area contributed by atoms with Crippen LogP contribution in [0.4, 0.5) is 0 Å². The topological polar surface area (TPSA) is 22.1 Å². The summed E-state index contributed by atoms with van der Waals surface area (Å²) in [6, 6.07) is 3.77. The van der Waals surface area contributed by atoms with Crippen molar-refractivity contribution in [3.8, 4) is 5.75 Å². The summed E-state index contributed by atoms with van der Waals surface area (Å²) >= 11 is 5.57. The average molecular weight is 186 g/mol. The van der Waals surface area contributed by atoms with E-state index in [0.717, 1.165) is 24.3 Å². The quantitative estimate of drug-likeness (QED) is 0.672. The van der Waals surface area contributed by atoms with Crippen LogP contribution in [0, 0.1) is 0 Å². The van der Waals surface area contributed by atoms with Crippen LogP contribution in [0.5, 0.6) is 5.75 Å². The van der Waals surface area contributed by atoms with Crippen molar-refractivity contribution in [2.45, 2.75) is 12.8 Å². The zero-order valence-electron chi connectivity index (χ0n) is 7.09. The van der Waals surface area contributed by atoms with Crippen LogP contribution < -0.4 is 4.74 Å². The molecule has 66 valence electrons. The lowest BCUT2D eigenvalue weighted by Crippen LogP contribution is -1.92. The molecule has 0 N–H and O–H groups in total. The summed E-state index contributed by atoms with van der Waals surface area (Å²) in [6.07, 6.45) is 3.63. The minimum Gasteiger partial charge on any atom is -0.497 e. The van der Waals surface area contributed by atoms with Crippen molar-refractivity contribution in [2.75, 3.05) is 13.0 Å². The number of methoxy groups -OCH3 is 1. The van der Waals surface area contributed by atoms with Crippen molar-refractivity contribution in [1.29, 1.82) is 0 Å². The van der Waals surface area contributed by atoms with E-state index in [2.05, 4.69) is 4.98 Å². The summed E-state index contributed by atoms with van der Waals surface area (Å²) in [5, 5.41) is 0. The number of hydrogen-bond acceptors (Lipinski definition) is 2. The fourth-order valence-electron chi connectivity index (χ4n) is 0.968. The molecule has 0 spiro atoms. The molecule has 0 aliphatic rings. The lowest BCUT2D eigenvalue weighted by molar-refractivity contribution is 0.413. The molecule has 0 saturated carbocycles. The standard InChI is InChI=1S/C9H12ClNO/c1-12-9-4-6-11-8(7-9)3-2-5-10/h4,6-7H,2-3,5H2,1H3. The molecule has 0 atom stereocenters. The van der Waals surface area contributed by atoms with E-state index in [1.165, 1.54) is 0 Å². The van der Waals surface area contributed by atoms with Gasteiger partial charge in [0.05, 0.1) is 7.11 Å². The number of aryl methyl sites for hydroxylation is 1. The van der Waals surface area contributed by atoms with Crippen LogP contribution in [0.1, 0.15) is 12.1 Å². The number of alkyl halides is 1. The van der Waals surface area contributed by atoms with Gasteiger partial charge in [-0.2, -0.15) is 0 Å². The summed E-state index contributed by atoms with van der Waals surface area (Å²) in [7, 11) is 1.65. The van der Waals surface area contributed by atoms with E-state index >= 15 is 0 Å². The average Bonchev–Trinajstić information content (AvgIpc) is 2.15. The molecule has 0 unspecified atom stereocenters. The molecule has 0 bridgehead atoms. The summed E-state index contributed by atoms with van der Waals surface area (Å²) in [4.78, 5) is 4.19. The van der Waals surface area contributed by atoms with E-state index in [9.17, 15) is 0 Å². The number of hydrogen-bond donors (Lipinski definition) is 0. The van der Waals surface area contributed by atoms with Crippen molar-refractivity contribution in [3.63, 3.8) is 0 Å². The lowest BCUT2D eigenvalue weighted by atomic mass is 10.2. The van der Waals surface area contributed by atoms with Crippen LogP contribution in [0.15, 0.2) is 18.3 Å². The zero-order chi connectivity index (χ0) is 8.81. The monoisotopic (exact) mass is 185 g/mol. The first-order valence-electron chi connectivity index (χ1n) is 3.91. The fourth-order valence-corrected chi connectivity index (χ4v) is 1.10. The predicted molar refractivity (Wildman–Crippen MR) is 49.8 cm³/mol. The molecule has 12 heavy (non-hydrogen) atoms. The normalized spacial score (nSPS) is 9.83. The molecule has 0 fully saturated rings. The Morgan fingerprint density at radius 1 is 1.58 bits per heavy atom. The highest BCUT2D eigenvalue weighted by atomic mass is 35.5. The first-order chi connectivity index (χ1) is 5.86. The minimum absolute atomic E-state index is 0.679. The van der Waals surface area contributed by atoms with E-state index < -0.39 is 0 Å². The highest BCUT2D eigenvalue weighted by molar-refractivity contribution is 6.17. The molecular weight excluding hydrogens is 174 g/mol. The van der Waals surface area contributed by atoms with Crippen LogP contribution in [0.3, 0.4) is 0 Å². The summed E-state index contributed by atoms with van der Waals surface area (Å²) < 4.78 is 5.06. The second-order valence-electron chi connectivity index (χ2n) is 2.48. The molecule has 1 aromatic rings. The van der Waals surface area contributed by atoms with Crippen LogP contribution in [-0.4, -0.2) is 18.0 Å². The third-order valence-electron chi connectivity index (χ3n) is 1.59. The zero-order valence-corrected chi connectivity index (χ0v) is 7.84. The van der Waals surface area contributed by atoms with Gasteiger partial charge in [0.15, 0.2) is 0 Å². The molecule has 3 heteroatoms. The first kappa shape index (κ1) is 9.33. The largest absolute Gasteiger partial charge is 0.497 e. The number of halogens is 1. The van der Waals surface area contributed by atoms with E-state index in [1.807, 2.05) is 12.1 Å². The molecule has 0 aliphatic heterocycles. The third kappa shape index (κ3) is 2.70. The van der Waals surface area contributed by atoms with Crippen molar-refractivity contribution < 1.29 is 4.74 Å². The van der Waals surface area contributed by atoms with Crippen LogP contribution in [0.2, 0.25) is 0 Å². The van der Waals surface area contributed by atoms with Crippen LogP contribution in [0.25, 0.3) is 0 Å². The van der Waals surface area contributed by atoms with E-state index in [0.29, 0.717) is 5.88 Å². The van der Waals surface area contributed by atoms with E-state index in [1.54, 1.807) is 13.3 Å². The van der Waals surface area contributed by atoms with Gasteiger partial charge in [-0.25, -0.2) is 0 Å². The Hall–Kier alpha value is -0.760. The number of ether oxygens (including phenoxy) is 1. The van der Waals surface area contributed by atoms with Crippen LogP contribution >= 0.6 is 11.6 Å². The maximum absolute atomic E-state index is 5.57. The Kier molecular flexibility index (Phi) is 3.88. The minimum atomic E-state index is 0.679. The number of nitrogens with zero attached hydrogens (tertiary/aromatic N) is 1. The lowest BCUT2D eigenvalue weighted by Gasteiger charge is -2.01. The van der Waals surface area contributed by atoms with Gasteiger partial charge < -0.3 is 4.74 Å². The predicted octanol–water partition coefficient (Wildman–Crippen LogP) is 2.26. The molecule has 1 heterocycles. The summed E-state index contributed by atoms with van der Waals surface area (Å²) in [6.45, 7) is 0. The smallest absolute Gasteiger partial charge is 0.122 e. The maximum atomic E-state index is 5.57. The molecule has 0 saturated heterocycles. The Bertz CT molecular complexity index is 240. The molecule has 0 amide bonds.